The lowest BCUT2D eigenvalue weighted by molar-refractivity contribution is 0.171. The summed E-state index contributed by atoms with van der Waals surface area (Å²) in [4.78, 5) is 0. The molecule has 1 aliphatic rings. The minimum absolute atomic E-state index is 0.236. The van der Waals surface area contributed by atoms with Crippen LogP contribution < -0.4 is 19.9 Å². The fraction of sp³-hybridized carbons (Fsp3) is 0.455. The summed E-state index contributed by atoms with van der Waals surface area (Å²) in [6.07, 6.45) is 0. The van der Waals surface area contributed by atoms with Crippen LogP contribution in [0, 0.1) is 0 Å². The molecule has 82 valence electrons. The van der Waals surface area contributed by atoms with E-state index < -0.39 is 5.54 Å². The number of hydrogen-bond donors (Lipinski definition) is 1. The molecular formula is C11H15NO3. The molecule has 0 bridgehead atoms. The van der Waals surface area contributed by atoms with Crippen molar-refractivity contribution in [1.82, 2.24) is 0 Å². The highest BCUT2D eigenvalue weighted by atomic mass is 16.7. The first-order valence-electron chi connectivity index (χ1n) is 4.79. The summed E-state index contributed by atoms with van der Waals surface area (Å²) in [6.45, 7) is 4.11. The molecular weight excluding hydrogens is 194 g/mol. The van der Waals surface area contributed by atoms with Crippen LogP contribution in [0.5, 0.6) is 17.2 Å². The summed E-state index contributed by atoms with van der Waals surface area (Å²) in [6, 6.07) is 3.78. The highest BCUT2D eigenvalue weighted by Gasteiger charge is 2.24. The zero-order valence-corrected chi connectivity index (χ0v) is 9.16. The van der Waals surface area contributed by atoms with Gasteiger partial charge < -0.3 is 19.9 Å². The number of benzene rings is 1. The Morgan fingerprint density at radius 2 is 2.07 bits per heavy atom. The van der Waals surface area contributed by atoms with Gasteiger partial charge in [-0.15, -0.1) is 0 Å². The fourth-order valence-corrected chi connectivity index (χ4v) is 1.50. The number of hydrogen-bond acceptors (Lipinski definition) is 4. The third-order valence-electron chi connectivity index (χ3n) is 2.40. The van der Waals surface area contributed by atoms with E-state index >= 15 is 0 Å². The smallest absolute Gasteiger partial charge is 0.231 e. The molecule has 0 aromatic heterocycles. The van der Waals surface area contributed by atoms with E-state index in [1.54, 1.807) is 7.11 Å². The van der Waals surface area contributed by atoms with E-state index in [0.717, 1.165) is 5.56 Å². The number of fused-ring (bicyclic) bond motifs is 1. The molecule has 2 N–H and O–H groups in total. The van der Waals surface area contributed by atoms with E-state index in [9.17, 15) is 0 Å². The largest absolute Gasteiger partial charge is 0.493 e. The second kappa shape index (κ2) is 3.31. The molecule has 1 heterocycles. The van der Waals surface area contributed by atoms with Crippen molar-refractivity contribution in [2.75, 3.05) is 13.9 Å². The SMILES string of the molecule is COc1cc(C(C)(C)N)cc2c1OCO2. The first kappa shape index (κ1) is 10.1. The monoisotopic (exact) mass is 209 g/mol. The van der Waals surface area contributed by atoms with Gasteiger partial charge in [-0.2, -0.15) is 0 Å². The molecule has 1 aliphatic heterocycles. The Kier molecular flexibility index (Phi) is 2.23. The molecule has 0 fully saturated rings. The summed E-state index contributed by atoms with van der Waals surface area (Å²) in [5, 5.41) is 0. The summed E-state index contributed by atoms with van der Waals surface area (Å²) in [5.41, 5.74) is 6.56. The van der Waals surface area contributed by atoms with Gasteiger partial charge in [0.25, 0.3) is 0 Å². The van der Waals surface area contributed by atoms with E-state index in [2.05, 4.69) is 0 Å². The molecule has 15 heavy (non-hydrogen) atoms. The highest BCUT2D eigenvalue weighted by molar-refractivity contribution is 5.56. The molecule has 4 heteroatoms. The standard InChI is InChI=1S/C11H15NO3/c1-11(2,12)7-4-8(13-3)10-9(5-7)14-6-15-10/h4-5H,6,12H2,1-3H3. The van der Waals surface area contributed by atoms with Gasteiger partial charge in [-0.05, 0) is 31.5 Å². The van der Waals surface area contributed by atoms with Crippen LogP contribution in [-0.2, 0) is 5.54 Å². The fourth-order valence-electron chi connectivity index (χ4n) is 1.50. The lowest BCUT2D eigenvalue weighted by atomic mass is 9.95. The van der Waals surface area contributed by atoms with Gasteiger partial charge >= 0.3 is 0 Å². The van der Waals surface area contributed by atoms with Gasteiger partial charge in [0.2, 0.25) is 12.5 Å². The van der Waals surface area contributed by atoms with E-state index in [1.165, 1.54) is 0 Å². The molecule has 0 saturated carbocycles. The van der Waals surface area contributed by atoms with E-state index in [0.29, 0.717) is 17.2 Å². The van der Waals surface area contributed by atoms with Crippen LogP contribution in [0.3, 0.4) is 0 Å². The zero-order chi connectivity index (χ0) is 11.1. The van der Waals surface area contributed by atoms with E-state index in [1.807, 2.05) is 26.0 Å². The number of ether oxygens (including phenoxy) is 3. The van der Waals surface area contributed by atoms with Gasteiger partial charge in [0.15, 0.2) is 11.5 Å². The Bertz CT molecular complexity index is 382. The van der Waals surface area contributed by atoms with Crippen molar-refractivity contribution >= 4 is 0 Å². The lowest BCUT2D eigenvalue weighted by Crippen LogP contribution is -2.28. The molecule has 1 aromatic rings. The average Bonchev–Trinajstić information content (AvgIpc) is 2.62. The first-order chi connectivity index (χ1) is 7.02. The molecule has 0 saturated heterocycles. The molecule has 0 radical (unpaired) electrons. The summed E-state index contributed by atoms with van der Waals surface area (Å²) >= 11 is 0. The van der Waals surface area contributed by atoms with E-state index in [-0.39, 0.29) is 6.79 Å². The third-order valence-corrected chi connectivity index (χ3v) is 2.40. The number of rotatable bonds is 2. The maximum Gasteiger partial charge on any atom is 0.231 e. The Labute approximate surface area is 88.9 Å². The molecule has 4 nitrogen and oxygen atoms in total. The molecule has 0 aliphatic carbocycles. The lowest BCUT2D eigenvalue weighted by Gasteiger charge is -2.20. The van der Waals surface area contributed by atoms with Crippen LogP contribution in [-0.4, -0.2) is 13.9 Å². The summed E-state index contributed by atoms with van der Waals surface area (Å²) in [5.74, 6) is 2.02. The van der Waals surface area contributed by atoms with Crippen molar-refractivity contribution in [2.24, 2.45) is 5.73 Å². The number of methoxy groups -OCH3 is 1. The Morgan fingerprint density at radius 3 is 2.67 bits per heavy atom. The number of nitrogens with two attached hydrogens (primary N) is 1. The Morgan fingerprint density at radius 1 is 1.33 bits per heavy atom. The highest BCUT2D eigenvalue weighted by Crippen LogP contribution is 2.43. The first-order valence-corrected chi connectivity index (χ1v) is 4.79. The van der Waals surface area contributed by atoms with Crippen molar-refractivity contribution < 1.29 is 14.2 Å². The quantitative estimate of drug-likeness (QED) is 0.804. The van der Waals surface area contributed by atoms with Gasteiger partial charge in [0.05, 0.1) is 7.11 Å². The van der Waals surface area contributed by atoms with Crippen LogP contribution in [0.2, 0.25) is 0 Å². The molecule has 0 atom stereocenters. The topological polar surface area (TPSA) is 53.7 Å². The normalized spacial score (nSPS) is 14.1. The van der Waals surface area contributed by atoms with Crippen molar-refractivity contribution in [1.29, 1.82) is 0 Å². The van der Waals surface area contributed by atoms with Gasteiger partial charge in [-0.3, -0.25) is 0 Å². The van der Waals surface area contributed by atoms with Crippen LogP contribution in [0.4, 0.5) is 0 Å². The summed E-state index contributed by atoms with van der Waals surface area (Å²) < 4.78 is 15.9. The second-order valence-corrected chi connectivity index (χ2v) is 4.13. The zero-order valence-electron chi connectivity index (χ0n) is 9.16. The van der Waals surface area contributed by atoms with Crippen molar-refractivity contribution in [3.05, 3.63) is 17.7 Å². The predicted octanol–water partition coefficient (Wildman–Crippen LogP) is 1.62. The molecule has 0 amide bonds. The van der Waals surface area contributed by atoms with Gasteiger partial charge in [-0.1, -0.05) is 0 Å². The van der Waals surface area contributed by atoms with Crippen molar-refractivity contribution in [3.63, 3.8) is 0 Å². The average molecular weight is 209 g/mol. The molecule has 2 rings (SSSR count). The van der Waals surface area contributed by atoms with Crippen LogP contribution in [0.1, 0.15) is 19.4 Å². The van der Waals surface area contributed by atoms with Gasteiger partial charge in [0, 0.05) is 5.54 Å². The molecule has 0 spiro atoms. The van der Waals surface area contributed by atoms with Gasteiger partial charge in [0.1, 0.15) is 0 Å². The molecule has 0 unspecified atom stereocenters. The van der Waals surface area contributed by atoms with Crippen LogP contribution in [0.15, 0.2) is 12.1 Å². The Hall–Kier alpha value is -1.42. The molecule has 1 aromatic carbocycles. The van der Waals surface area contributed by atoms with Gasteiger partial charge in [-0.25, -0.2) is 0 Å². The Balaban J connectivity index is 2.53. The second-order valence-electron chi connectivity index (χ2n) is 4.13. The maximum absolute atomic E-state index is 6.02. The van der Waals surface area contributed by atoms with Crippen LogP contribution >= 0.6 is 0 Å². The third kappa shape index (κ3) is 1.72. The van der Waals surface area contributed by atoms with E-state index in [4.69, 9.17) is 19.9 Å². The van der Waals surface area contributed by atoms with Crippen molar-refractivity contribution in [2.45, 2.75) is 19.4 Å². The minimum Gasteiger partial charge on any atom is -0.493 e. The predicted molar refractivity (Wildman–Crippen MR) is 56.3 cm³/mol. The van der Waals surface area contributed by atoms with Crippen molar-refractivity contribution in [3.8, 4) is 17.2 Å². The van der Waals surface area contributed by atoms with Crippen LogP contribution in [0.25, 0.3) is 0 Å². The maximum atomic E-state index is 6.02. The minimum atomic E-state index is -0.422. The summed E-state index contributed by atoms with van der Waals surface area (Å²) in [7, 11) is 1.60.